The number of anilines is 1. The Morgan fingerprint density at radius 3 is 2.12 bits per heavy atom. The number of nitrogens with zero attached hydrogens (tertiary/aromatic N) is 2. The molecule has 0 saturated carbocycles. The molecule has 2 amide bonds. The lowest BCUT2D eigenvalue weighted by molar-refractivity contribution is -0.140. The minimum atomic E-state index is -4.18. The van der Waals surface area contributed by atoms with Crippen LogP contribution in [0.4, 0.5) is 5.69 Å². The number of carbonyl (C=O) groups excluding carboxylic acids is 2. The Bertz CT molecular complexity index is 1360. The first kappa shape index (κ1) is 31.0. The molecule has 214 valence electrons. The van der Waals surface area contributed by atoms with Crippen LogP contribution >= 0.6 is 11.6 Å². The van der Waals surface area contributed by atoms with Crippen LogP contribution in [0.3, 0.4) is 0 Å². The molecule has 40 heavy (non-hydrogen) atoms. The van der Waals surface area contributed by atoms with Crippen molar-refractivity contribution in [2.75, 3.05) is 24.5 Å². The molecule has 0 fully saturated rings. The summed E-state index contributed by atoms with van der Waals surface area (Å²) in [6.45, 7) is 5.90. The lowest BCUT2D eigenvalue weighted by Crippen LogP contribution is -2.52. The van der Waals surface area contributed by atoms with Gasteiger partial charge in [-0.2, -0.15) is 0 Å². The molecule has 0 radical (unpaired) electrons. The first-order valence-electron chi connectivity index (χ1n) is 13.1. The van der Waals surface area contributed by atoms with Gasteiger partial charge in [0.25, 0.3) is 10.0 Å². The van der Waals surface area contributed by atoms with E-state index in [0.717, 1.165) is 9.87 Å². The molecule has 1 N–H and O–H groups in total. The maximum Gasteiger partial charge on any atom is 0.264 e. The van der Waals surface area contributed by atoms with E-state index in [2.05, 4.69) is 5.32 Å². The van der Waals surface area contributed by atoms with Crippen LogP contribution in [0.15, 0.2) is 83.8 Å². The monoisotopic (exact) mass is 585 g/mol. The number of amides is 2. The number of hydrogen-bond acceptors (Lipinski definition) is 5. The molecule has 8 nitrogen and oxygen atoms in total. The highest BCUT2D eigenvalue weighted by Gasteiger charge is 2.33. The molecule has 0 heterocycles. The van der Waals surface area contributed by atoms with Crippen LogP contribution in [0.2, 0.25) is 5.02 Å². The molecule has 10 heteroatoms. The van der Waals surface area contributed by atoms with Gasteiger partial charge >= 0.3 is 0 Å². The zero-order valence-corrected chi connectivity index (χ0v) is 24.8. The predicted octanol–water partition coefficient (Wildman–Crippen LogP) is 5.12. The van der Waals surface area contributed by atoms with Crippen molar-refractivity contribution >= 4 is 39.1 Å². The molecular weight excluding hydrogens is 550 g/mol. The zero-order valence-electron chi connectivity index (χ0n) is 23.2. The second-order valence-electron chi connectivity index (χ2n) is 9.73. The molecular formula is C30H36ClN3O5S. The van der Waals surface area contributed by atoms with E-state index < -0.39 is 28.5 Å². The number of ether oxygens (including phenoxy) is 1. The van der Waals surface area contributed by atoms with E-state index in [1.165, 1.54) is 24.1 Å². The van der Waals surface area contributed by atoms with Gasteiger partial charge in [0.05, 0.1) is 17.7 Å². The number of hydrogen-bond donors (Lipinski definition) is 1. The van der Waals surface area contributed by atoms with E-state index in [1.54, 1.807) is 36.4 Å². The molecule has 3 aromatic rings. The summed E-state index contributed by atoms with van der Waals surface area (Å²) >= 11 is 6.07. The van der Waals surface area contributed by atoms with Gasteiger partial charge in [0, 0.05) is 18.1 Å². The maximum absolute atomic E-state index is 14.0. The van der Waals surface area contributed by atoms with Gasteiger partial charge in [0.2, 0.25) is 11.8 Å². The Kier molecular flexibility index (Phi) is 11.0. The third-order valence-corrected chi connectivity index (χ3v) is 8.35. The second kappa shape index (κ2) is 14.2. The third kappa shape index (κ3) is 7.99. The average Bonchev–Trinajstić information content (AvgIpc) is 2.95. The van der Waals surface area contributed by atoms with Crippen molar-refractivity contribution in [1.82, 2.24) is 10.2 Å². The fourth-order valence-corrected chi connectivity index (χ4v) is 5.67. The van der Waals surface area contributed by atoms with Crippen molar-refractivity contribution in [3.63, 3.8) is 0 Å². The molecule has 0 aromatic heterocycles. The highest BCUT2D eigenvalue weighted by atomic mass is 35.5. The summed E-state index contributed by atoms with van der Waals surface area (Å²) in [6.07, 6.45) is 0.356. The summed E-state index contributed by atoms with van der Waals surface area (Å²) in [7, 11) is -2.69. The standard InChI is InChI=1S/C30H36ClN3O5S/c1-5-28(30(36)32-19-22(2)3)33(20-23-9-7-6-8-10-23)29(35)21-34(25-13-11-24(31)12-14-25)40(37,38)27-17-15-26(39-4)16-18-27/h6-18,22,28H,5,19-21H2,1-4H3,(H,32,36)/t28-/m0/s1. The van der Waals surface area contributed by atoms with Crippen molar-refractivity contribution < 1.29 is 22.7 Å². The summed E-state index contributed by atoms with van der Waals surface area (Å²) < 4.78 is 34.0. The zero-order chi connectivity index (χ0) is 29.3. The Morgan fingerprint density at radius 2 is 1.57 bits per heavy atom. The minimum Gasteiger partial charge on any atom is -0.497 e. The third-order valence-electron chi connectivity index (χ3n) is 6.31. The van der Waals surface area contributed by atoms with Crippen molar-refractivity contribution in [2.45, 2.75) is 44.7 Å². The molecule has 0 saturated heterocycles. The molecule has 0 spiro atoms. The molecule has 0 aliphatic carbocycles. The van der Waals surface area contributed by atoms with Crippen LogP contribution in [0.5, 0.6) is 5.75 Å². The van der Waals surface area contributed by atoms with Gasteiger partial charge in [0.1, 0.15) is 18.3 Å². The highest BCUT2D eigenvalue weighted by Crippen LogP contribution is 2.27. The SMILES string of the molecule is CC[C@@H](C(=O)NCC(C)C)N(Cc1ccccc1)C(=O)CN(c1ccc(Cl)cc1)S(=O)(=O)c1ccc(OC)cc1. The van der Waals surface area contributed by atoms with Gasteiger partial charge in [-0.1, -0.05) is 62.7 Å². The first-order valence-corrected chi connectivity index (χ1v) is 14.9. The number of methoxy groups -OCH3 is 1. The van der Waals surface area contributed by atoms with Crippen LogP contribution < -0.4 is 14.4 Å². The summed E-state index contributed by atoms with van der Waals surface area (Å²) in [5.74, 6) is -0.0611. The molecule has 1 atom stereocenters. The van der Waals surface area contributed by atoms with Gasteiger partial charge < -0.3 is 15.0 Å². The summed E-state index contributed by atoms with van der Waals surface area (Å²) in [5, 5.41) is 3.35. The van der Waals surface area contributed by atoms with E-state index in [-0.39, 0.29) is 29.0 Å². The molecule has 3 rings (SSSR count). The number of sulfonamides is 1. The fourth-order valence-electron chi connectivity index (χ4n) is 4.13. The minimum absolute atomic E-state index is 0.00706. The second-order valence-corrected chi connectivity index (χ2v) is 12.0. The molecule has 0 unspecified atom stereocenters. The predicted molar refractivity (Wildman–Crippen MR) is 158 cm³/mol. The first-order chi connectivity index (χ1) is 19.1. The summed E-state index contributed by atoms with van der Waals surface area (Å²) in [4.78, 5) is 28.7. The van der Waals surface area contributed by atoms with Gasteiger partial charge in [0.15, 0.2) is 0 Å². The van der Waals surface area contributed by atoms with Crippen molar-refractivity contribution in [3.8, 4) is 5.75 Å². The van der Waals surface area contributed by atoms with Crippen LogP contribution in [0.1, 0.15) is 32.8 Å². The summed E-state index contributed by atoms with van der Waals surface area (Å²) in [6, 6.07) is 20.7. The van der Waals surface area contributed by atoms with E-state index in [4.69, 9.17) is 16.3 Å². The smallest absolute Gasteiger partial charge is 0.264 e. The lowest BCUT2D eigenvalue weighted by atomic mass is 10.1. The molecule has 0 aliphatic heterocycles. The van der Waals surface area contributed by atoms with Gasteiger partial charge in [-0.3, -0.25) is 13.9 Å². The van der Waals surface area contributed by atoms with E-state index in [9.17, 15) is 18.0 Å². The van der Waals surface area contributed by atoms with E-state index >= 15 is 0 Å². The maximum atomic E-state index is 14.0. The van der Waals surface area contributed by atoms with Crippen molar-refractivity contribution in [3.05, 3.63) is 89.4 Å². The van der Waals surface area contributed by atoms with Crippen molar-refractivity contribution in [2.24, 2.45) is 5.92 Å². The van der Waals surface area contributed by atoms with Crippen LogP contribution in [-0.4, -0.2) is 51.4 Å². The normalized spacial score (nSPS) is 12.1. The number of rotatable bonds is 13. The Hall–Kier alpha value is -3.56. The topological polar surface area (TPSA) is 96.0 Å². The van der Waals surface area contributed by atoms with Crippen LogP contribution in [0, 0.1) is 5.92 Å². The lowest BCUT2D eigenvalue weighted by Gasteiger charge is -2.33. The molecule has 3 aromatic carbocycles. The van der Waals surface area contributed by atoms with Crippen molar-refractivity contribution in [1.29, 1.82) is 0 Å². The van der Waals surface area contributed by atoms with Gasteiger partial charge in [-0.15, -0.1) is 0 Å². The largest absolute Gasteiger partial charge is 0.497 e. The molecule has 0 aliphatic rings. The Morgan fingerprint density at radius 1 is 0.950 bits per heavy atom. The van der Waals surface area contributed by atoms with Crippen LogP contribution in [0.25, 0.3) is 0 Å². The van der Waals surface area contributed by atoms with Crippen LogP contribution in [-0.2, 0) is 26.2 Å². The highest BCUT2D eigenvalue weighted by molar-refractivity contribution is 7.92. The number of benzene rings is 3. The van der Waals surface area contributed by atoms with Gasteiger partial charge in [-0.05, 0) is 66.4 Å². The number of halogens is 1. The molecule has 0 bridgehead atoms. The Balaban J connectivity index is 2.02. The number of nitrogens with one attached hydrogen (secondary N) is 1. The number of carbonyl (C=O) groups is 2. The fraction of sp³-hybridized carbons (Fsp3) is 0.333. The van der Waals surface area contributed by atoms with Gasteiger partial charge in [-0.25, -0.2) is 8.42 Å². The Labute approximate surface area is 241 Å². The van der Waals surface area contributed by atoms with E-state index in [0.29, 0.717) is 23.7 Å². The summed E-state index contributed by atoms with van der Waals surface area (Å²) in [5.41, 5.74) is 1.09. The van der Waals surface area contributed by atoms with E-state index in [1.807, 2.05) is 51.1 Å². The quantitative estimate of drug-likeness (QED) is 0.300. The average molecular weight is 586 g/mol.